The van der Waals surface area contributed by atoms with Crippen molar-refractivity contribution in [2.24, 2.45) is 5.41 Å². The van der Waals surface area contributed by atoms with Gasteiger partial charge in [-0.15, -0.1) is 0 Å². The van der Waals surface area contributed by atoms with Crippen molar-refractivity contribution in [1.82, 2.24) is 0 Å². The molecule has 0 radical (unpaired) electrons. The molecule has 7 nitrogen and oxygen atoms in total. The molecule has 0 fully saturated rings. The van der Waals surface area contributed by atoms with Gasteiger partial charge in [0.15, 0.2) is 0 Å². The Morgan fingerprint density at radius 3 is 1.76 bits per heavy atom. The molecule has 0 aromatic rings. The Morgan fingerprint density at radius 1 is 1.00 bits per heavy atom. The minimum Gasteiger partial charge on any atom is -0.465 e. The zero-order valence-electron chi connectivity index (χ0n) is 12.0. The Hall–Kier alpha value is -2.15. The van der Waals surface area contributed by atoms with Crippen LogP contribution in [0.25, 0.3) is 0 Å². The summed E-state index contributed by atoms with van der Waals surface area (Å²) >= 11 is 0. The summed E-state index contributed by atoms with van der Waals surface area (Å²) in [5, 5.41) is 9.51. The highest BCUT2D eigenvalue weighted by molar-refractivity contribution is 5.81. The molecule has 0 rings (SSSR count). The second-order valence-corrected chi connectivity index (χ2v) is 4.30. The van der Waals surface area contributed by atoms with Crippen LogP contribution < -0.4 is 0 Å². The van der Waals surface area contributed by atoms with Crippen LogP contribution in [0.2, 0.25) is 0 Å². The standard InChI is InChI=1S/C14H20O7/c1-4-11(16)19-8-14(7-15,9-20-12(17)5-2)10-21-13(18)6-3/h4-5,15H,1-2,6-10H2,3H3. The summed E-state index contributed by atoms with van der Waals surface area (Å²) in [5.41, 5.74) is -1.23. The summed E-state index contributed by atoms with van der Waals surface area (Å²) < 4.78 is 14.7. The third-order valence-electron chi connectivity index (χ3n) is 2.54. The monoisotopic (exact) mass is 300 g/mol. The summed E-state index contributed by atoms with van der Waals surface area (Å²) in [7, 11) is 0. The SMILES string of the molecule is C=CC(=O)OCC(CO)(COC(=O)C=C)COC(=O)CC. The molecular weight excluding hydrogens is 280 g/mol. The van der Waals surface area contributed by atoms with Crippen LogP contribution in [0.15, 0.2) is 25.3 Å². The number of ether oxygens (including phenoxy) is 3. The molecule has 0 aliphatic carbocycles. The van der Waals surface area contributed by atoms with Gasteiger partial charge in [-0.25, -0.2) is 9.59 Å². The zero-order valence-corrected chi connectivity index (χ0v) is 12.0. The summed E-state index contributed by atoms with van der Waals surface area (Å²) in [6.07, 6.45) is 2.06. The van der Waals surface area contributed by atoms with Gasteiger partial charge in [-0.05, 0) is 0 Å². The van der Waals surface area contributed by atoms with Gasteiger partial charge in [0.25, 0.3) is 0 Å². The lowest BCUT2D eigenvalue weighted by Gasteiger charge is -2.29. The minimum absolute atomic E-state index is 0.153. The predicted octanol–water partition coefficient (Wildman–Crippen LogP) is 0.377. The number of rotatable bonds is 10. The van der Waals surface area contributed by atoms with Gasteiger partial charge in [0, 0.05) is 18.6 Å². The van der Waals surface area contributed by atoms with Crippen molar-refractivity contribution < 1.29 is 33.7 Å². The first kappa shape index (κ1) is 18.9. The Labute approximate surface area is 123 Å². The maximum absolute atomic E-state index is 11.2. The van der Waals surface area contributed by atoms with E-state index >= 15 is 0 Å². The Kier molecular flexibility index (Phi) is 8.71. The van der Waals surface area contributed by atoms with E-state index in [-0.39, 0.29) is 26.2 Å². The van der Waals surface area contributed by atoms with E-state index in [1.807, 2.05) is 0 Å². The van der Waals surface area contributed by atoms with E-state index in [9.17, 15) is 19.5 Å². The van der Waals surface area contributed by atoms with Crippen LogP contribution in [0.1, 0.15) is 13.3 Å². The van der Waals surface area contributed by atoms with Gasteiger partial charge >= 0.3 is 17.9 Å². The Morgan fingerprint density at radius 2 is 1.43 bits per heavy atom. The van der Waals surface area contributed by atoms with Gasteiger partial charge in [0.05, 0.1) is 12.0 Å². The van der Waals surface area contributed by atoms with Crippen LogP contribution >= 0.6 is 0 Å². The number of carbonyl (C=O) groups excluding carboxylic acids is 3. The summed E-state index contributed by atoms with van der Waals surface area (Å²) in [4.78, 5) is 33.4. The van der Waals surface area contributed by atoms with Crippen molar-refractivity contribution in [3.05, 3.63) is 25.3 Å². The topological polar surface area (TPSA) is 99.1 Å². The van der Waals surface area contributed by atoms with Gasteiger partial charge in [-0.1, -0.05) is 20.1 Å². The fourth-order valence-corrected chi connectivity index (χ4v) is 1.16. The second kappa shape index (κ2) is 9.71. The molecule has 0 spiro atoms. The molecule has 0 bridgehead atoms. The van der Waals surface area contributed by atoms with E-state index in [1.54, 1.807) is 6.92 Å². The second-order valence-electron chi connectivity index (χ2n) is 4.30. The van der Waals surface area contributed by atoms with Crippen LogP contribution in [-0.2, 0) is 28.6 Å². The average Bonchev–Trinajstić information content (AvgIpc) is 2.53. The maximum Gasteiger partial charge on any atom is 0.330 e. The number of hydrogen-bond donors (Lipinski definition) is 1. The molecule has 1 N–H and O–H groups in total. The summed E-state index contributed by atoms with van der Waals surface area (Å²) in [6, 6.07) is 0. The lowest BCUT2D eigenvalue weighted by Crippen LogP contribution is -2.42. The van der Waals surface area contributed by atoms with Gasteiger partial charge in [-0.3, -0.25) is 4.79 Å². The van der Waals surface area contributed by atoms with Crippen molar-refractivity contribution in [2.45, 2.75) is 13.3 Å². The number of aliphatic hydroxyl groups is 1. The van der Waals surface area contributed by atoms with Crippen molar-refractivity contribution in [3.63, 3.8) is 0 Å². The van der Waals surface area contributed by atoms with E-state index in [4.69, 9.17) is 14.2 Å². The summed E-state index contributed by atoms with van der Waals surface area (Å²) in [6.45, 7) is 6.73. The molecule has 21 heavy (non-hydrogen) atoms. The maximum atomic E-state index is 11.2. The molecule has 0 unspecified atom stereocenters. The molecule has 0 aromatic heterocycles. The number of hydrogen-bond acceptors (Lipinski definition) is 7. The number of aliphatic hydroxyl groups excluding tert-OH is 1. The molecule has 0 aromatic carbocycles. The van der Waals surface area contributed by atoms with Gasteiger partial charge in [0.1, 0.15) is 19.8 Å². The number of esters is 3. The lowest BCUT2D eigenvalue weighted by molar-refractivity contribution is -0.161. The van der Waals surface area contributed by atoms with Crippen molar-refractivity contribution in [2.75, 3.05) is 26.4 Å². The third-order valence-corrected chi connectivity index (χ3v) is 2.54. The minimum atomic E-state index is -1.23. The van der Waals surface area contributed by atoms with Crippen LogP contribution in [0.5, 0.6) is 0 Å². The molecule has 0 saturated heterocycles. The highest BCUT2D eigenvalue weighted by atomic mass is 16.6. The molecule has 7 heteroatoms. The smallest absolute Gasteiger partial charge is 0.330 e. The molecule has 0 aliphatic heterocycles. The molecule has 0 amide bonds. The zero-order chi connectivity index (χ0) is 16.3. The molecule has 0 atom stereocenters. The van der Waals surface area contributed by atoms with Crippen LogP contribution in [0.3, 0.4) is 0 Å². The quantitative estimate of drug-likeness (QED) is 0.353. The van der Waals surface area contributed by atoms with E-state index in [0.29, 0.717) is 0 Å². The number of carbonyl (C=O) groups is 3. The average molecular weight is 300 g/mol. The van der Waals surface area contributed by atoms with Gasteiger partial charge in [-0.2, -0.15) is 0 Å². The molecule has 118 valence electrons. The van der Waals surface area contributed by atoms with Crippen molar-refractivity contribution in [3.8, 4) is 0 Å². The van der Waals surface area contributed by atoms with E-state index in [0.717, 1.165) is 12.2 Å². The fraction of sp³-hybridized carbons (Fsp3) is 0.500. The van der Waals surface area contributed by atoms with Crippen molar-refractivity contribution >= 4 is 17.9 Å². The first-order valence-electron chi connectivity index (χ1n) is 6.28. The molecule has 0 heterocycles. The van der Waals surface area contributed by atoms with E-state index < -0.39 is 29.9 Å². The lowest BCUT2D eigenvalue weighted by atomic mass is 9.92. The first-order chi connectivity index (χ1) is 9.92. The first-order valence-corrected chi connectivity index (χ1v) is 6.28. The highest BCUT2D eigenvalue weighted by Crippen LogP contribution is 2.19. The predicted molar refractivity (Wildman–Crippen MR) is 73.1 cm³/mol. The molecule has 0 saturated carbocycles. The van der Waals surface area contributed by atoms with Crippen LogP contribution in [0.4, 0.5) is 0 Å². The van der Waals surface area contributed by atoms with Crippen LogP contribution in [-0.4, -0.2) is 49.4 Å². The van der Waals surface area contributed by atoms with Gasteiger partial charge < -0.3 is 19.3 Å². The van der Waals surface area contributed by atoms with E-state index in [1.165, 1.54) is 0 Å². The molecular formula is C14H20O7. The molecule has 0 aliphatic rings. The van der Waals surface area contributed by atoms with Crippen molar-refractivity contribution in [1.29, 1.82) is 0 Å². The van der Waals surface area contributed by atoms with Gasteiger partial charge in [0.2, 0.25) is 0 Å². The normalized spacial score (nSPS) is 10.4. The Balaban J connectivity index is 4.83. The largest absolute Gasteiger partial charge is 0.465 e. The summed E-state index contributed by atoms with van der Waals surface area (Å²) in [5.74, 6) is -1.90. The highest BCUT2D eigenvalue weighted by Gasteiger charge is 2.35. The van der Waals surface area contributed by atoms with E-state index in [2.05, 4.69) is 13.2 Å². The Bertz CT molecular complexity index is 376. The third kappa shape index (κ3) is 7.26. The fourth-order valence-electron chi connectivity index (χ4n) is 1.16. The van der Waals surface area contributed by atoms with Crippen LogP contribution in [0, 0.1) is 5.41 Å².